The maximum Gasteiger partial charge on any atom is 0.248 e. The lowest BCUT2D eigenvalue weighted by Crippen LogP contribution is -2.49. The van der Waals surface area contributed by atoms with E-state index in [1.54, 1.807) is 37.8 Å². The molecule has 7 nitrogen and oxygen atoms in total. The Balaban J connectivity index is 1.67. The molecule has 2 N–H and O–H groups in total. The van der Waals surface area contributed by atoms with Crippen molar-refractivity contribution in [1.82, 2.24) is 9.97 Å². The Labute approximate surface area is 169 Å². The van der Waals surface area contributed by atoms with E-state index in [1.165, 1.54) is 0 Å². The Kier molecular flexibility index (Phi) is 5.29. The van der Waals surface area contributed by atoms with Crippen molar-refractivity contribution in [3.63, 3.8) is 0 Å². The molecule has 0 saturated carbocycles. The summed E-state index contributed by atoms with van der Waals surface area (Å²) >= 11 is 0. The first-order chi connectivity index (χ1) is 14.2. The fourth-order valence-electron chi connectivity index (χ4n) is 3.69. The number of carbonyl (C=O) groups is 1. The van der Waals surface area contributed by atoms with Gasteiger partial charge in [0.1, 0.15) is 11.6 Å². The number of piperazine rings is 1. The van der Waals surface area contributed by atoms with Crippen LogP contribution in [0.1, 0.15) is 22.0 Å². The van der Waals surface area contributed by atoms with Gasteiger partial charge in [0, 0.05) is 49.3 Å². The fraction of sp³-hybridized carbons (Fsp3) is 0.227. The summed E-state index contributed by atoms with van der Waals surface area (Å²) in [5.74, 6) is 1.24. The first-order valence-corrected chi connectivity index (χ1v) is 9.47. The summed E-state index contributed by atoms with van der Waals surface area (Å²) in [7, 11) is 1.67. The number of ether oxygens (including phenoxy) is 1. The zero-order chi connectivity index (χ0) is 20.2. The summed E-state index contributed by atoms with van der Waals surface area (Å²) in [6.45, 7) is 2.40. The molecule has 1 unspecified atom stereocenters. The van der Waals surface area contributed by atoms with E-state index in [1.807, 2.05) is 30.3 Å². The van der Waals surface area contributed by atoms with E-state index in [2.05, 4.69) is 25.8 Å². The number of aromatic nitrogens is 2. The number of anilines is 2. The number of methoxy groups -OCH3 is 1. The molecule has 1 aromatic heterocycles. The zero-order valence-electron chi connectivity index (χ0n) is 16.2. The van der Waals surface area contributed by atoms with Crippen molar-refractivity contribution in [2.24, 2.45) is 5.73 Å². The van der Waals surface area contributed by atoms with Crippen LogP contribution in [0, 0.1) is 0 Å². The normalized spacial score (nSPS) is 16.5. The SMILES string of the molecule is COc1cccc(N2CCN(c3cnccn3)C(c3ccc(C(N)=O)cc3)C2)c1. The molecule has 2 aromatic carbocycles. The summed E-state index contributed by atoms with van der Waals surface area (Å²) in [6, 6.07) is 15.6. The Morgan fingerprint density at radius 2 is 1.97 bits per heavy atom. The largest absolute Gasteiger partial charge is 0.497 e. The topological polar surface area (TPSA) is 84.6 Å². The third-order valence-corrected chi connectivity index (χ3v) is 5.22. The van der Waals surface area contributed by atoms with E-state index in [-0.39, 0.29) is 6.04 Å². The van der Waals surface area contributed by atoms with E-state index in [9.17, 15) is 4.79 Å². The molecule has 1 aliphatic rings. The van der Waals surface area contributed by atoms with Gasteiger partial charge in [-0.05, 0) is 29.8 Å². The molecule has 29 heavy (non-hydrogen) atoms. The van der Waals surface area contributed by atoms with E-state index in [4.69, 9.17) is 10.5 Å². The molecule has 4 rings (SSSR count). The van der Waals surface area contributed by atoms with Crippen molar-refractivity contribution in [1.29, 1.82) is 0 Å². The van der Waals surface area contributed by atoms with Crippen LogP contribution in [0.3, 0.4) is 0 Å². The highest BCUT2D eigenvalue weighted by atomic mass is 16.5. The van der Waals surface area contributed by atoms with Crippen LogP contribution in [-0.4, -0.2) is 42.6 Å². The van der Waals surface area contributed by atoms with Crippen LogP contribution >= 0.6 is 0 Å². The Morgan fingerprint density at radius 1 is 1.14 bits per heavy atom. The Hall–Kier alpha value is -3.61. The summed E-state index contributed by atoms with van der Waals surface area (Å²) in [6.07, 6.45) is 5.16. The standard InChI is InChI=1S/C22H23N5O2/c1-29-19-4-2-3-18(13-19)26-11-12-27(21-14-24-9-10-25-21)20(15-26)16-5-7-17(8-6-16)22(23)28/h2-10,13-14,20H,11-12,15H2,1H3,(H2,23,28). The number of benzene rings is 2. The highest BCUT2D eigenvalue weighted by Gasteiger charge is 2.29. The fourth-order valence-corrected chi connectivity index (χ4v) is 3.69. The van der Waals surface area contributed by atoms with Crippen LogP contribution in [0.15, 0.2) is 67.1 Å². The molecule has 0 radical (unpaired) electrons. The molecule has 1 atom stereocenters. The number of carbonyl (C=O) groups excluding carboxylic acids is 1. The number of primary amides is 1. The average molecular weight is 389 g/mol. The van der Waals surface area contributed by atoms with Crippen LogP contribution < -0.4 is 20.3 Å². The summed E-state index contributed by atoms with van der Waals surface area (Å²) < 4.78 is 5.38. The van der Waals surface area contributed by atoms with Crippen LogP contribution in [0.4, 0.5) is 11.5 Å². The predicted octanol–water partition coefficient (Wildman–Crippen LogP) is 2.65. The summed E-state index contributed by atoms with van der Waals surface area (Å²) in [4.78, 5) is 24.8. The molecule has 7 heteroatoms. The summed E-state index contributed by atoms with van der Waals surface area (Å²) in [5.41, 5.74) is 8.10. The van der Waals surface area contributed by atoms with Crippen LogP contribution in [0.2, 0.25) is 0 Å². The molecule has 148 valence electrons. The third kappa shape index (κ3) is 3.99. The van der Waals surface area contributed by atoms with Gasteiger partial charge in [-0.2, -0.15) is 0 Å². The van der Waals surface area contributed by atoms with Gasteiger partial charge in [0.05, 0.1) is 19.3 Å². The number of nitrogens with two attached hydrogens (primary N) is 1. The minimum absolute atomic E-state index is 0.0496. The molecule has 0 spiro atoms. The highest BCUT2D eigenvalue weighted by Crippen LogP contribution is 2.32. The number of rotatable bonds is 5. The highest BCUT2D eigenvalue weighted by molar-refractivity contribution is 5.92. The predicted molar refractivity (Wildman–Crippen MR) is 112 cm³/mol. The van der Waals surface area contributed by atoms with Crippen molar-refractivity contribution in [3.05, 3.63) is 78.2 Å². The molecule has 1 saturated heterocycles. The van der Waals surface area contributed by atoms with Gasteiger partial charge in [0.25, 0.3) is 0 Å². The first-order valence-electron chi connectivity index (χ1n) is 9.47. The van der Waals surface area contributed by atoms with Gasteiger partial charge < -0.3 is 20.3 Å². The van der Waals surface area contributed by atoms with E-state index >= 15 is 0 Å². The van der Waals surface area contributed by atoms with Gasteiger partial charge in [-0.15, -0.1) is 0 Å². The molecule has 1 amide bonds. The molecule has 2 heterocycles. The van der Waals surface area contributed by atoms with Crippen LogP contribution in [0.25, 0.3) is 0 Å². The monoisotopic (exact) mass is 389 g/mol. The average Bonchev–Trinajstić information content (AvgIpc) is 2.79. The van der Waals surface area contributed by atoms with Gasteiger partial charge >= 0.3 is 0 Å². The summed E-state index contributed by atoms with van der Waals surface area (Å²) in [5, 5.41) is 0. The molecule has 0 aliphatic carbocycles. The van der Waals surface area contributed by atoms with E-state index in [0.29, 0.717) is 5.56 Å². The quantitative estimate of drug-likeness (QED) is 0.722. The second kappa shape index (κ2) is 8.18. The molecule has 0 bridgehead atoms. The van der Waals surface area contributed by atoms with Crippen LogP contribution in [0.5, 0.6) is 5.75 Å². The first kappa shape index (κ1) is 18.7. The zero-order valence-corrected chi connectivity index (χ0v) is 16.2. The maximum atomic E-state index is 11.4. The van der Waals surface area contributed by atoms with Crippen molar-refractivity contribution in [2.75, 3.05) is 36.5 Å². The molecule has 3 aromatic rings. The number of hydrogen-bond acceptors (Lipinski definition) is 6. The van der Waals surface area contributed by atoms with E-state index in [0.717, 1.165) is 42.5 Å². The van der Waals surface area contributed by atoms with Crippen molar-refractivity contribution in [3.8, 4) is 5.75 Å². The van der Waals surface area contributed by atoms with Gasteiger partial charge in [0.2, 0.25) is 5.91 Å². The smallest absolute Gasteiger partial charge is 0.248 e. The molecule has 1 aliphatic heterocycles. The Bertz CT molecular complexity index is 978. The molecular weight excluding hydrogens is 366 g/mol. The molecular formula is C22H23N5O2. The van der Waals surface area contributed by atoms with Gasteiger partial charge in [-0.25, -0.2) is 4.98 Å². The number of hydrogen-bond donors (Lipinski definition) is 1. The number of amides is 1. The van der Waals surface area contributed by atoms with Gasteiger partial charge in [-0.3, -0.25) is 9.78 Å². The number of nitrogens with zero attached hydrogens (tertiary/aromatic N) is 4. The second-order valence-electron chi connectivity index (χ2n) is 6.91. The Morgan fingerprint density at radius 3 is 2.66 bits per heavy atom. The van der Waals surface area contributed by atoms with Gasteiger partial charge in [0.15, 0.2) is 0 Å². The minimum atomic E-state index is -0.427. The second-order valence-corrected chi connectivity index (χ2v) is 6.91. The molecule has 1 fully saturated rings. The lowest BCUT2D eigenvalue weighted by atomic mass is 10.00. The van der Waals surface area contributed by atoms with Crippen LogP contribution in [-0.2, 0) is 0 Å². The van der Waals surface area contributed by atoms with E-state index < -0.39 is 5.91 Å². The maximum absolute atomic E-state index is 11.4. The lowest BCUT2D eigenvalue weighted by Gasteiger charge is -2.43. The van der Waals surface area contributed by atoms with Crippen molar-refractivity contribution < 1.29 is 9.53 Å². The van der Waals surface area contributed by atoms with Gasteiger partial charge in [-0.1, -0.05) is 18.2 Å². The lowest BCUT2D eigenvalue weighted by molar-refractivity contribution is 0.100. The van der Waals surface area contributed by atoms with Crippen molar-refractivity contribution >= 4 is 17.4 Å². The van der Waals surface area contributed by atoms with Crippen molar-refractivity contribution in [2.45, 2.75) is 6.04 Å². The minimum Gasteiger partial charge on any atom is -0.497 e. The third-order valence-electron chi connectivity index (χ3n) is 5.22.